The molecule has 0 saturated carbocycles. The van der Waals surface area contributed by atoms with Gasteiger partial charge >= 0.3 is 0 Å². The number of furan rings is 1. The van der Waals surface area contributed by atoms with Crippen molar-refractivity contribution in [1.29, 1.82) is 0 Å². The van der Waals surface area contributed by atoms with Crippen molar-refractivity contribution in [1.82, 2.24) is 10.6 Å². The molecule has 2 aromatic rings. The number of halogens is 2. The Balaban J connectivity index is 1.49. The SMILES string of the molecule is CCNC(=NCC1CCN(c2ccc(F)c(F)c2)C1)NCCc1ccco1. The molecule has 1 fully saturated rings. The summed E-state index contributed by atoms with van der Waals surface area (Å²) in [6.07, 6.45) is 3.45. The molecule has 0 spiro atoms. The molecule has 0 bridgehead atoms. The summed E-state index contributed by atoms with van der Waals surface area (Å²) in [6.45, 7) is 5.87. The number of hydrogen-bond donors (Lipinski definition) is 2. The summed E-state index contributed by atoms with van der Waals surface area (Å²) < 4.78 is 31.9. The lowest BCUT2D eigenvalue weighted by atomic mass is 10.1. The predicted octanol–water partition coefficient (Wildman–Crippen LogP) is 3.18. The van der Waals surface area contributed by atoms with Crippen LogP contribution in [0.5, 0.6) is 0 Å². The summed E-state index contributed by atoms with van der Waals surface area (Å²) >= 11 is 0. The highest BCUT2D eigenvalue weighted by Gasteiger charge is 2.23. The topological polar surface area (TPSA) is 52.8 Å². The summed E-state index contributed by atoms with van der Waals surface area (Å²) in [5, 5.41) is 6.56. The molecule has 1 aromatic carbocycles. The normalized spacial score (nSPS) is 17.4. The van der Waals surface area contributed by atoms with Gasteiger partial charge in [0.05, 0.1) is 6.26 Å². The molecular weight excluding hydrogens is 350 g/mol. The lowest BCUT2D eigenvalue weighted by molar-refractivity contribution is 0.506. The Hall–Kier alpha value is -2.57. The zero-order valence-corrected chi connectivity index (χ0v) is 15.5. The molecular formula is C20H26F2N4O. The van der Waals surface area contributed by atoms with E-state index >= 15 is 0 Å². The van der Waals surface area contributed by atoms with Gasteiger partial charge in [0, 0.05) is 50.9 Å². The van der Waals surface area contributed by atoms with Gasteiger partial charge in [-0.15, -0.1) is 0 Å². The largest absolute Gasteiger partial charge is 0.469 e. The molecule has 0 amide bonds. The Morgan fingerprint density at radius 2 is 2.15 bits per heavy atom. The average molecular weight is 376 g/mol. The van der Waals surface area contributed by atoms with Crippen LogP contribution in [-0.2, 0) is 6.42 Å². The van der Waals surface area contributed by atoms with Gasteiger partial charge in [-0.2, -0.15) is 0 Å². The zero-order chi connectivity index (χ0) is 19.1. The highest BCUT2D eigenvalue weighted by molar-refractivity contribution is 5.79. The van der Waals surface area contributed by atoms with E-state index in [1.54, 1.807) is 12.3 Å². The van der Waals surface area contributed by atoms with Gasteiger partial charge in [0.25, 0.3) is 0 Å². The first-order chi connectivity index (χ1) is 13.2. The molecule has 1 aliphatic heterocycles. The van der Waals surface area contributed by atoms with Crippen LogP contribution in [0.3, 0.4) is 0 Å². The fourth-order valence-electron chi connectivity index (χ4n) is 3.22. The van der Waals surface area contributed by atoms with Crippen molar-refractivity contribution < 1.29 is 13.2 Å². The number of anilines is 1. The quantitative estimate of drug-likeness (QED) is 0.576. The third-order valence-corrected chi connectivity index (χ3v) is 4.65. The van der Waals surface area contributed by atoms with Gasteiger partial charge in [-0.3, -0.25) is 4.99 Å². The third kappa shape index (κ3) is 5.45. The van der Waals surface area contributed by atoms with Crippen molar-refractivity contribution in [2.24, 2.45) is 10.9 Å². The zero-order valence-electron chi connectivity index (χ0n) is 15.5. The van der Waals surface area contributed by atoms with Gasteiger partial charge in [-0.25, -0.2) is 8.78 Å². The fourth-order valence-corrected chi connectivity index (χ4v) is 3.22. The van der Waals surface area contributed by atoms with Crippen molar-refractivity contribution >= 4 is 11.6 Å². The van der Waals surface area contributed by atoms with Gasteiger partial charge in [-0.05, 0) is 43.5 Å². The summed E-state index contributed by atoms with van der Waals surface area (Å²) in [7, 11) is 0. The lowest BCUT2D eigenvalue weighted by Gasteiger charge is -2.18. The number of guanidine groups is 1. The average Bonchev–Trinajstić information content (AvgIpc) is 3.34. The number of aliphatic imine (C=N–C) groups is 1. The molecule has 7 heteroatoms. The van der Waals surface area contributed by atoms with Crippen LogP contribution in [0.4, 0.5) is 14.5 Å². The number of rotatable bonds is 7. The standard InChI is InChI=1S/C20H26F2N4O/c1-2-23-20(24-9-7-17-4-3-11-27-17)25-13-15-8-10-26(14-15)16-5-6-18(21)19(22)12-16/h3-6,11-12,15H,2,7-10,13-14H2,1H3,(H2,23,24,25). The van der Waals surface area contributed by atoms with E-state index in [2.05, 4.69) is 20.5 Å². The maximum Gasteiger partial charge on any atom is 0.191 e. The Bertz CT molecular complexity index is 748. The van der Waals surface area contributed by atoms with Gasteiger partial charge < -0.3 is 20.0 Å². The fraction of sp³-hybridized carbons (Fsp3) is 0.450. The Morgan fingerprint density at radius 3 is 2.89 bits per heavy atom. The van der Waals surface area contributed by atoms with Gasteiger partial charge in [0.1, 0.15) is 5.76 Å². The maximum atomic E-state index is 13.4. The minimum Gasteiger partial charge on any atom is -0.469 e. The second-order valence-electron chi connectivity index (χ2n) is 6.67. The van der Waals surface area contributed by atoms with Crippen molar-refractivity contribution in [3.8, 4) is 0 Å². The van der Waals surface area contributed by atoms with Crippen LogP contribution in [0.15, 0.2) is 46.0 Å². The van der Waals surface area contributed by atoms with Gasteiger partial charge in [-0.1, -0.05) is 0 Å². The predicted molar refractivity (Wildman–Crippen MR) is 103 cm³/mol. The first-order valence-corrected chi connectivity index (χ1v) is 9.40. The minimum absolute atomic E-state index is 0.388. The van der Waals surface area contributed by atoms with Crippen LogP contribution in [-0.4, -0.2) is 38.7 Å². The third-order valence-electron chi connectivity index (χ3n) is 4.65. The van der Waals surface area contributed by atoms with Crippen LogP contribution in [0.25, 0.3) is 0 Å². The molecule has 1 unspecified atom stereocenters. The summed E-state index contributed by atoms with van der Waals surface area (Å²) in [5.41, 5.74) is 0.726. The lowest BCUT2D eigenvalue weighted by Crippen LogP contribution is -2.38. The maximum absolute atomic E-state index is 13.4. The summed E-state index contributed by atoms with van der Waals surface area (Å²) in [4.78, 5) is 6.76. The molecule has 2 heterocycles. The monoisotopic (exact) mass is 376 g/mol. The highest BCUT2D eigenvalue weighted by Crippen LogP contribution is 2.25. The molecule has 1 atom stereocenters. The molecule has 1 saturated heterocycles. The Labute approximate surface area is 158 Å². The summed E-state index contributed by atoms with van der Waals surface area (Å²) in [6, 6.07) is 7.92. The molecule has 2 N–H and O–H groups in total. The van der Waals surface area contributed by atoms with E-state index in [0.717, 1.165) is 56.4 Å². The molecule has 5 nitrogen and oxygen atoms in total. The van der Waals surface area contributed by atoms with Crippen molar-refractivity contribution in [3.63, 3.8) is 0 Å². The van der Waals surface area contributed by atoms with E-state index in [1.165, 1.54) is 12.1 Å². The van der Waals surface area contributed by atoms with Crippen LogP contribution in [0.1, 0.15) is 19.1 Å². The Kier molecular flexibility index (Phi) is 6.68. The number of benzene rings is 1. The molecule has 1 aromatic heterocycles. The van der Waals surface area contributed by atoms with E-state index in [4.69, 9.17) is 4.42 Å². The van der Waals surface area contributed by atoms with E-state index in [0.29, 0.717) is 12.5 Å². The molecule has 0 radical (unpaired) electrons. The van der Waals surface area contributed by atoms with Crippen LogP contribution >= 0.6 is 0 Å². The molecule has 27 heavy (non-hydrogen) atoms. The second kappa shape index (κ2) is 9.39. The Morgan fingerprint density at radius 1 is 1.26 bits per heavy atom. The number of nitrogens with zero attached hydrogens (tertiary/aromatic N) is 2. The number of hydrogen-bond acceptors (Lipinski definition) is 3. The van der Waals surface area contributed by atoms with Crippen LogP contribution in [0, 0.1) is 17.6 Å². The molecule has 3 rings (SSSR count). The van der Waals surface area contributed by atoms with Crippen LogP contribution in [0.2, 0.25) is 0 Å². The minimum atomic E-state index is -0.810. The molecule has 1 aliphatic rings. The van der Waals surface area contributed by atoms with Gasteiger partial charge in [0.2, 0.25) is 0 Å². The van der Waals surface area contributed by atoms with Crippen LogP contribution < -0.4 is 15.5 Å². The highest BCUT2D eigenvalue weighted by atomic mass is 19.2. The summed E-state index contributed by atoms with van der Waals surface area (Å²) in [5.74, 6) is 0.504. The van der Waals surface area contributed by atoms with E-state index in [-0.39, 0.29) is 0 Å². The smallest absolute Gasteiger partial charge is 0.191 e. The first kappa shape index (κ1) is 19.2. The first-order valence-electron chi connectivity index (χ1n) is 9.40. The number of nitrogens with one attached hydrogen (secondary N) is 2. The second-order valence-corrected chi connectivity index (χ2v) is 6.67. The van der Waals surface area contributed by atoms with Crippen molar-refractivity contribution in [3.05, 3.63) is 54.0 Å². The van der Waals surface area contributed by atoms with E-state index < -0.39 is 11.6 Å². The van der Waals surface area contributed by atoms with Crippen molar-refractivity contribution in [2.45, 2.75) is 19.8 Å². The molecule has 0 aliphatic carbocycles. The van der Waals surface area contributed by atoms with Crippen molar-refractivity contribution in [2.75, 3.05) is 37.6 Å². The molecule has 146 valence electrons. The van der Waals surface area contributed by atoms with E-state index in [1.807, 2.05) is 19.1 Å². The van der Waals surface area contributed by atoms with E-state index in [9.17, 15) is 8.78 Å². The van der Waals surface area contributed by atoms with Gasteiger partial charge in [0.15, 0.2) is 17.6 Å².